The Labute approximate surface area is 121 Å². The van der Waals surface area contributed by atoms with E-state index in [2.05, 4.69) is 29.1 Å². The van der Waals surface area contributed by atoms with Crippen molar-refractivity contribution in [1.29, 1.82) is 0 Å². The summed E-state index contributed by atoms with van der Waals surface area (Å²) in [4.78, 5) is 8.50. The summed E-state index contributed by atoms with van der Waals surface area (Å²) in [5.41, 5.74) is 6.83. The van der Waals surface area contributed by atoms with Crippen LogP contribution in [0.5, 0.6) is 0 Å². The van der Waals surface area contributed by atoms with E-state index in [1.165, 1.54) is 0 Å². The molecule has 5 heteroatoms. The Morgan fingerprint density at radius 1 is 1.45 bits per heavy atom. The van der Waals surface area contributed by atoms with E-state index in [-0.39, 0.29) is 0 Å². The lowest BCUT2D eigenvalue weighted by molar-refractivity contribution is 0.109. The lowest BCUT2D eigenvalue weighted by Gasteiger charge is -2.07. The van der Waals surface area contributed by atoms with Crippen molar-refractivity contribution in [2.45, 2.75) is 26.7 Å². The Bertz CT molecular complexity index is 379. The van der Waals surface area contributed by atoms with E-state index < -0.39 is 0 Å². The van der Waals surface area contributed by atoms with Gasteiger partial charge in [0, 0.05) is 44.6 Å². The maximum atomic E-state index is 5.78. The fourth-order valence-electron chi connectivity index (χ4n) is 1.61. The summed E-state index contributed by atoms with van der Waals surface area (Å²) in [5.74, 6) is 1.07. The standard InChI is InChI=1S/C15H26N4O/c1-13(2)12-20-11-5-9-18-15(16)19-10-7-14-6-3-4-8-17-14/h3-4,6,8,13H,5,7,9-12H2,1-2H3,(H3,16,18,19). The molecule has 1 aromatic heterocycles. The first-order valence-electron chi connectivity index (χ1n) is 7.20. The van der Waals surface area contributed by atoms with Crippen LogP contribution in [0.1, 0.15) is 26.0 Å². The molecule has 20 heavy (non-hydrogen) atoms. The van der Waals surface area contributed by atoms with E-state index in [0.29, 0.717) is 18.4 Å². The second kappa shape index (κ2) is 10.2. The van der Waals surface area contributed by atoms with Crippen LogP contribution >= 0.6 is 0 Å². The van der Waals surface area contributed by atoms with E-state index >= 15 is 0 Å². The number of rotatable bonds is 9. The number of nitrogens with one attached hydrogen (secondary N) is 1. The Morgan fingerprint density at radius 3 is 3.00 bits per heavy atom. The highest BCUT2D eigenvalue weighted by Gasteiger charge is 1.96. The van der Waals surface area contributed by atoms with Crippen molar-refractivity contribution in [1.82, 2.24) is 10.3 Å². The molecular formula is C15H26N4O. The van der Waals surface area contributed by atoms with Crippen LogP contribution in [0.15, 0.2) is 29.4 Å². The largest absolute Gasteiger partial charge is 0.381 e. The summed E-state index contributed by atoms with van der Waals surface area (Å²) in [6.45, 7) is 7.27. The second-order valence-corrected chi connectivity index (χ2v) is 5.09. The molecular weight excluding hydrogens is 252 g/mol. The average Bonchev–Trinajstić information content (AvgIpc) is 2.43. The normalized spacial score (nSPS) is 11.8. The smallest absolute Gasteiger partial charge is 0.188 e. The monoisotopic (exact) mass is 278 g/mol. The van der Waals surface area contributed by atoms with E-state index in [9.17, 15) is 0 Å². The minimum atomic E-state index is 0.491. The molecule has 1 heterocycles. The first-order valence-corrected chi connectivity index (χ1v) is 7.20. The first-order chi connectivity index (χ1) is 9.68. The summed E-state index contributed by atoms with van der Waals surface area (Å²) < 4.78 is 5.48. The van der Waals surface area contributed by atoms with Gasteiger partial charge in [0.2, 0.25) is 0 Å². The molecule has 0 aliphatic carbocycles. The van der Waals surface area contributed by atoms with Crippen LogP contribution in [0.4, 0.5) is 0 Å². The minimum absolute atomic E-state index is 0.491. The molecule has 0 aliphatic rings. The van der Waals surface area contributed by atoms with Gasteiger partial charge in [0.15, 0.2) is 5.96 Å². The van der Waals surface area contributed by atoms with Gasteiger partial charge in [0.05, 0.1) is 0 Å². The maximum Gasteiger partial charge on any atom is 0.188 e. The molecule has 0 amide bonds. The third-order valence-electron chi connectivity index (χ3n) is 2.59. The average molecular weight is 278 g/mol. The lowest BCUT2D eigenvalue weighted by atomic mass is 10.2. The molecule has 0 saturated heterocycles. The molecule has 0 spiro atoms. The zero-order chi connectivity index (χ0) is 14.6. The molecule has 0 bridgehead atoms. The Balaban J connectivity index is 2.04. The summed E-state index contributed by atoms with van der Waals surface area (Å²) in [6, 6.07) is 5.89. The molecule has 0 fully saturated rings. The predicted molar refractivity (Wildman–Crippen MR) is 82.7 cm³/mol. The van der Waals surface area contributed by atoms with Gasteiger partial charge in [0.25, 0.3) is 0 Å². The summed E-state index contributed by atoms with van der Waals surface area (Å²) in [6.07, 6.45) is 3.54. The highest BCUT2D eigenvalue weighted by Crippen LogP contribution is 1.94. The lowest BCUT2D eigenvalue weighted by Crippen LogP contribution is -2.33. The zero-order valence-corrected chi connectivity index (χ0v) is 12.5. The van der Waals surface area contributed by atoms with E-state index in [4.69, 9.17) is 10.5 Å². The van der Waals surface area contributed by atoms with Gasteiger partial charge in [-0.25, -0.2) is 0 Å². The summed E-state index contributed by atoms with van der Waals surface area (Å²) in [7, 11) is 0. The van der Waals surface area contributed by atoms with Crippen LogP contribution in [0.2, 0.25) is 0 Å². The van der Waals surface area contributed by atoms with Gasteiger partial charge >= 0.3 is 0 Å². The van der Waals surface area contributed by atoms with Crippen LogP contribution < -0.4 is 11.1 Å². The molecule has 0 radical (unpaired) electrons. The van der Waals surface area contributed by atoms with Gasteiger partial charge in [-0.05, 0) is 24.5 Å². The SMILES string of the molecule is CC(C)COCCCN=C(N)NCCc1ccccn1. The number of nitrogens with zero attached hydrogens (tertiary/aromatic N) is 2. The predicted octanol–water partition coefficient (Wildman–Crippen LogP) is 1.59. The van der Waals surface area contributed by atoms with Gasteiger partial charge in [-0.1, -0.05) is 19.9 Å². The molecule has 0 aromatic carbocycles. The number of ether oxygens (including phenoxy) is 1. The summed E-state index contributed by atoms with van der Waals surface area (Å²) in [5, 5.41) is 3.09. The van der Waals surface area contributed by atoms with E-state index in [1.54, 1.807) is 6.20 Å². The number of guanidine groups is 1. The Morgan fingerprint density at radius 2 is 2.30 bits per heavy atom. The molecule has 1 aromatic rings. The first kappa shape index (κ1) is 16.4. The van der Waals surface area contributed by atoms with Gasteiger partial charge < -0.3 is 15.8 Å². The van der Waals surface area contributed by atoms with Crippen LogP contribution in [-0.2, 0) is 11.2 Å². The summed E-state index contributed by atoms with van der Waals surface area (Å²) >= 11 is 0. The molecule has 3 N–H and O–H groups in total. The topological polar surface area (TPSA) is 72.5 Å². The van der Waals surface area contributed by atoms with Gasteiger partial charge in [-0.3, -0.25) is 9.98 Å². The second-order valence-electron chi connectivity index (χ2n) is 5.09. The molecule has 112 valence electrons. The number of hydrogen-bond acceptors (Lipinski definition) is 3. The molecule has 5 nitrogen and oxygen atoms in total. The van der Waals surface area contributed by atoms with Crippen LogP contribution in [-0.4, -0.2) is 37.2 Å². The van der Waals surface area contributed by atoms with E-state index in [1.807, 2.05) is 18.2 Å². The third kappa shape index (κ3) is 8.48. The fourth-order valence-corrected chi connectivity index (χ4v) is 1.61. The number of aliphatic imine (C=N–C) groups is 1. The van der Waals surface area contributed by atoms with Crippen molar-refractivity contribution in [3.8, 4) is 0 Å². The van der Waals surface area contributed by atoms with Crippen LogP contribution in [0, 0.1) is 5.92 Å². The van der Waals surface area contributed by atoms with Gasteiger partial charge in [-0.15, -0.1) is 0 Å². The molecule has 1 rings (SSSR count). The van der Waals surface area contributed by atoms with Crippen molar-refractivity contribution in [2.75, 3.05) is 26.3 Å². The number of aromatic nitrogens is 1. The zero-order valence-electron chi connectivity index (χ0n) is 12.5. The highest BCUT2D eigenvalue weighted by molar-refractivity contribution is 5.77. The van der Waals surface area contributed by atoms with Crippen molar-refractivity contribution in [3.63, 3.8) is 0 Å². The Hall–Kier alpha value is -1.62. The minimum Gasteiger partial charge on any atom is -0.381 e. The molecule has 0 saturated carbocycles. The highest BCUT2D eigenvalue weighted by atomic mass is 16.5. The maximum absolute atomic E-state index is 5.78. The molecule has 0 aliphatic heterocycles. The van der Waals surface area contributed by atoms with Crippen molar-refractivity contribution in [2.24, 2.45) is 16.6 Å². The number of nitrogens with two attached hydrogens (primary N) is 1. The third-order valence-corrected chi connectivity index (χ3v) is 2.59. The fraction of sp³-hybridized carbons (Fsp3) is 0.600. The van der Waals surface area contributed by atoms with E-state index in [0.717, 1.165) is 38.3 Å². The van der Waals surface area contributed by atoms with Crippen molar-refractivity contribution >= 4 is 5.96 Å². The number of pyridine rings is 1. The van der Waals surface area contributed by atoms with Crippen LogP contribution in [0.3, 0.4) is 0 Å². The molecule has 0 unspecified atom stereocenters. The van der Waals surface area contributed by atoms with Crippen molar-refractivity contribution in [3.05, 3.63) is 30.1 Å². The van der Waals surface area contributed by atoms with Gasteiger partial charge in [-0.2, -0.15) is 0 Å². The molecule has 0 atom stereocenters. The number of hydrogen-bond donors (Lipinski definition) is 2. The Kier molecular flexibility index (Phi) is 8.38. The van der Waals surface area contributed by atoms with Crippen molar-refractivity contribution < 1.29 is 4.74 Å². The van der Waals surface area contributed by atoms with Gasteiger partial charge in [0.1, 0.15) is 0 Å². The quantitative estimate of drug-likeness (QED) is 0.409. The van der Waals surface area contributed by atoms with Crippen LogP contribution in [0.25, 0.3) is 0 Å².